The molecule has 7 heteroatoms. The second-order valence-corrected chi connectivity index (χ2v) is 6.18. The van der Waals surface area contributed by atoms with E-state index in [2.05, 4.69) is 15.5 Å². The Morgan fingerprint density at radius 2 is 1.89 bits per heavy atom. The number of rotatable bonds is 7. The van der Waals surface area contributed by atoms with Crippen LogP contribution in [0.1, 0.15) is 16.2 Å². The molecular formula is C20H22N4O3. The molecule has 27 heavy (non-hydrogen) atoms. The molecule has 0 aliphatic heterocycles. The van der Waals surface area contributed by atoms with E-state index in [1.54, 1.807) is 7.11 Å². The zero-order valence-corrected chi connectivity index (χ0v) is 15.6. The summed E-state index contributed by atoms with van der Waals surface area (Å²) in [6.45, 7) is 0.439. The Labute approximate surface area is 158 Å². The first-order chi connectivity index (χ1) is 13.1. The van der Waals surface area contributed by atoms with Crippen molar-refractivity contribution in [3.8, 4) is 17.1 Å². The van der Waals surface area contributed by atoms with Crippen molar-refractivity contribution < 1.29 is 14.1 Å². The lowest BCUT2D eigenvalue weighted by Crippen LogP contribution is -2.26. The fourth-order valence-corrected chi connectivity index (χ4v) is 2.64. The molecule has 0 spiro atoms. The number of methoxy groups -OCH3 is 1. The van der Waals surface area contributed by atoms with Crippen molar-refractivity contribution in [3.05, 3.63) is 60.0 Å². The van der Waals surface area contributed by atoms with Gasteiger partial charge < -0.3 is 19.5 Å². The third-order valence-electron chi connectivity index (χ3n) is 4.13. The molecule has 7 nitrogen and oxygen atoms in total. The molecule has 1 N–H and O–H groups in total. The summed E-state index contributed by atoms with van der Waals surface area (Å²) in [6, 6.07) is 15.4. The second kappa shape index (κ2) is 8.35. The summed E-state index contributed by atoms with van der Waals surface area (Å²) >= 11 is 0. The smallest absolute Gasteiger partial charge is 0.316 e. The minimum absolute atomic E-state index is 0.0540. The maximum atomic E-state index is 12.2. The number of carbonyl (C=O) groups excluding carboxylic acids is 1. The Morgan fingerprint density at radius 1 is 1.15 bits per heavy atom. The number of amides is 1. The Bertz CT molecular complexity index is 904. The summed E-state index contributed by atoms with van der Waals surface area (Å²) in [5, 5.41) is 6.69. The third-order valence-corrected chi connectivity index (χ3v) is 4.13. The van der Waals surface area contributed by atoms with Gasteiger partial charge in [0.2, 0.25) is 5.82 Å². The molecule has 0 fully saturated rings. The van der Waals surface area contributed by atoms with E-state index in [1.807, 2.05) is 67.5 Å². The standard InChI is InChI=1S/C20H22N4O3/c1-24(2)16-10-8-15(9-11-16)18-22-20(27-23-18)19(25)21-13-12-14-6-4-5-7-17(14)26-3/h4-11H,12-13H2,1-3H3,(H,21,25). The average Bonchev–Trinajstić information content (AvgIpc) is 3.18. The Balaban J connectivity index is 1.60. The summed E-state index contributed by atoms with van der Waals surface area (Å²) in [4.78, 5) is 18.4. The monoisotopic (exact) mass is 366 g/mol. The lowest BCUT2D eigenvalue weighted by Gasteiger charge is -2.11. The lowest BCUT2D eigenvalue weighted by molar-refractivity contribution is 0.0910. The molecule has 1 amide bonds. The predicted octanol–water partition coefficient (Wildman–Crippen LogP) is 2.78. The molecule has 0 radical (unpaired) electrons. The number of para-hydroxylation sites is 1. The quantitative estimate of drug-likeness (QED) is 0.693. The molecule has 0 saturated carbocycles. The number of aromatic nitrogens is 2. The lowest BCUT2D eigenvalue weighted by atomic mass is 10.1. The fraction of sp³-hybridized carbons (Fsp3) is 0.250. The number of benzene rings is 2. The van der Waals surface area contributed by atoms with Crippen molar-refractivity contribution in [2.75, 3.05) is 32.6 Å². The van der Waals surface area contributed by atoms with Gasteiger partial charge in [-0.15, -0.1) is 0 Å². The number of anilines is 1. The first kappa shape index (κ1) is 18.4. The van der Waals surface area contributed by atoms with Crippen molar-refractivity contribution in [3.63, 3.8) is 0 Å². The first-order valence-electron chi connectivity index (χ1n) is 8.60. The molecular weight excluding hydrogens is 344 g/mol. The van der Waals surface area contributed by atoms with E-state index in [4.69, 9.17) is 9.26 Å². The van der Waals surface area contributed by atoms with E-state index < -0.39 is 5.91 Å². The summed E-state index contributed by atoms with van der Waals surface area (Å²) in [5.74, 6) is 0.735. The highest BCUT2D eigenvalue weighted by Crippen LogP contribution is 2.20. The molecule has 2 aromatic carbocycles. The molecule has 3 rings (SSSR count). The third kappa shape index (κ3) is 4.44. The highest BCUT2D eigenvalue weighted by molar-refractivity contribution is 5.89. The van der Waals surface area contributed by atoms with Gasteiger partial charge in [0, 0.05) is 31.9 Å². The van der Waals surface area contributed by atoms with Gasteiger partial charge in [0.05, 0.1) is 7.11 Å². The van der Waals surface area contributed by atoms with Crippen molar-refractivity contribution in [1.29, 1.82) is 0 Å². The van der Waals surface area contributed by atoms with Crippen LogP contribution in [-0.4, -0.2) is 43.8 Å². The van der Waals surface area contributed by atoms with Gasteiger partial charge in [-0.1, -0.05) is 23.4 Å². The van der Waals surface area contributed by atoms with Crippen molar-refractivity contribution >= 4 is 11.6 Å². The van der Waals surface area contributed by atoms with Crippen molar-refractivity contribution in [1.82, 2.24) is 15.5 Å². The van der Waals surface area contributed by atoms with Crippen LogP contribution < -0.4 is 15.0 Å². The molecule has 0 saturated heterocycles. The van der Waals surface area contributed by atoms with Crippen LogP contribution in [0.4, 0.5) is 5.69 Å². The van der Waals surface area contributed by atoms with Crippen LogP contribution in [0.2, 0.25) is 0 Å². The molecule has 3 aromatic rings. The second-order valence-electron chi connectivity index (χ2n) is 6.18. The van der Waals surface area contributed by atoms with E-state index >= 15 is 0 Å². The van der Waals surface area contributed by atoms with Crippen LogP contribution in [0.25, 0.3) is 11.4 Å². The zero-order valence-electron chi connectivity index (χ0n) is 15.6. The molecule has 0 aliphatic carbocycles. The molecule has 1 aromatic heterocycles. The topological polar surface area (TPSA) is 80.5 Å². The highest BCUT2D eigenvalue weighted by Gasteiger charge is 2.16. The van der Waals surface area contributed by atoms with Gasteiger partial charge in [-0.05, 0) is 42.3 Å². The van der Waals surface area contributed by atoms with E-state index in [1.165, 1.54) is 0 Å². The highest BCUT2D eigenvalue weighted by atomic mass is 16.5. The summed E-state index contributed by atoms with van der Waals surface area (Å²) in [7, 11) is 5.57. The number of hydrogen-bond donors (Lipinski definition) is 1. The summed E-state index contributed by atoms with van der Waals surface area (Å²) in [6.07, 6.45) is 0.642. The molecule has 0 atom stereocenters. The Kier molecular flexibility index (Phi) is 5.71. The van der Waals surface area contributed by atoms with E-state index in [-0.39, 0.29) is 5.89 Å². The minimum Gasteiger partial charge on any atom is -0.496 e. The number of nitrogens with zero attached hydrogens (tertiary/aromatic N) is 3. The van der Waals surface area contributed by atoms with E-state index in [0.29, 0.717) is 18.8 Å². The normalized spacial score (nSPS) is 10.5. The van der Waals surface area contributed by atoms with Crippen LogP contribution >= 0.6 is 0 Å². The van der Waals surface area contributed by atoms with Gasteiger partial charge in [0.25, 0.3) is 0 Å². The molecule has 0 bridgehead atoms. The SMILES string of the molecule is COc1ccccc1CCNC(=O)c1nc(-c2ccc(N(C)C)cc2)no1. The van der Waals surface area contributed by atoms with Crippen LogP contribution in [0.3, 0.4) is 0 Å². The predicted molar refractivity (Wildman–Crippen MR) is 103 cm³/mol. The van der Waals surface area contributed by atoms with E-state index in [9.17, 15) is 4.79 Å². The average molecular weight is 366 g/mol. The zero-order chi connectivity index (χ0) is 19.2. The summed E-state index contributed by atoms with van der Waals surface area (Å²) < 4.78 is 10.4. The summed E-state index contributed by atoms with van der Waals surface area (Å²) in [5.41, 5.74) is 2.88. The minimum atomic E-state index is -0.395. The molecule has 140 valence electrons. The van der Waals surface area contributed by atoms with Gasteiger partial charge in [-0.25, -0.2) is 0 Å². The maximum absolute atomic E-state index is 12.2. The number of hydrogen-bond acceptors (Lipinski definition) is 6. The van der Waals surface area contributed by atoms with Crippen LogP contribution in [-0.2, 0) is 6.42 Å². The molecule has 0 aliphatic rings. The van der Waals surface area contributed by atoms with E-state index in [0.717, 1.165) is 22.6 Å². The number of carbonyl (C=O) groups is 1. The van der Waals surface area contributed by atoms with Crippen LogP contribution in [0.15, 0.2) is 53.1 Å². The van der Waals surface area contributed by atoms with Gasteiger partial charge >= 0.3 is 11.8 Å². The molecule has 1 heterocycles. The van der Waals surface area contributed by atoms with Gasteiger partial charge in [0.15, 0.2) is 0 Å². The Morgan fingerprint density at radius 3 is 2.59 bits per heavy atom. The maximum Gasteiger partial charge on any atom is 0.316 e. The van der Waals surface area contributed by atoms with Crippen LogP contribution in [0.5, 0.6) is 5.75 Å². The largest absolute Gasteiger partial charge is 0.496 e. The Hall–Kier alpha value is -3.35. The first-order valence-corrected chi connectivity index (χ1v) is 8.60. The fourth-order valence-electron chi connectivity index (χ4n) is 2.64. The van der Waals surface area contributed by atoms with Gasteiger partial charge in [-0.3, -0.25) is 4.79 Å². The van der Waals surface area contributed by atoms with Crippen molar-refractivity contribution in [2.45, 2.75) is 6.42 Å². The van der Waals surface area contributed by atoms with Gasteiger partial charge in [-0.2, -0.15) is 4.98 Å². The number of nitrogens with one attached hydrogen (secondary N) is 1. The number of ether oxygens (including phenoxy) is 1. The molecule has 0 unspecified atom stereocenters. The van der Waals surface area contributed by atoms with Crippen molar-refractivity contribution in [2.24, 2.45) is 0 Å². The van der Waals surface area contributed by atoms with Gasteiger partial charge in [0.1, 0.15) is 5.75 Å². The van der Waals surface area contributed by atoms with Crippen LogP contribution in [0, 0.1) is 0 Å².